The predicted molar refractivity (Wildman–Crippen MR) is 97.3 cm³/mol. The predicted octanol–water partition coefficient (Wildman–Crippen LogP) is 3.76. The maximum Gasteiger partial charge on any atom is 0.330 e. The smallest absolute Gasteiger partial charge is 0.330 e. The molecule has 0 aromatic rings. The van der Waals surface area contributed by atoms with Gasteiger partial charge < -0.3 is 15.2 Å². The van der Waals surface area contributed by atoms with Gasteiger partial charge in [0.25, 0.3) is 0 Å². The Morgan fingerprint density at radius 2 is 1.84 bits per heavy atom. The van der Waals surface area contributed by atoms with Crippen molar-refractivity contribution in [3.8, 4) is 0 Å². The molecule has 0 heterocycles. The maximum atomic E-state index is 12.9. The van der Waals surface area contributed by atoms with Crippen LogP contribution in [0.4, 0.5) is 0 Å². The maximum absolute atomic E-state index is 12.9. The first-order chi connectivity index (χ1) is 11.8. The lowest BCUT2D eigenvalue weighted by atomic mass is 9.54. The first-order valence-corrected chi connectivity index (χ1v) is 9.95. The largest absolute Gasteiger partial charge is 0.479 e. The minimum Gasteiger partial charge on any atom is -0.479 e. The molecule has 0 spiro atoms. The highest BCUT2D eigenvalue weighted by atomic mass is 16.5. The van der Waals surface area contributed by atoms with Crippen LogP contribution >= 0.6 is 0 Å². The van der Waals surface area contributed by atoms with Gasteiger partial charge in [-0.05, 0) is 25.7 Å². The normalized spacial score (nSPS) is 30.3. The highest BCUT2D eigenvalue weighted by Crippen LogP contribution is 2.51. The van der Waals surface area contributed by atoms with Crippen LogP contribution in [0.2, 0.25) is 0 Å². The fourth-order valence-corrected chi connectivity index (χ4v) is 4.63. The highest BCUT2D eigenvalue weighted by molar-refractivity contribution is 5.90. The third-order valence-corrected chi connectivity index (χ3v) is 6.67. The molecule has 2 fully saturated rings. The highest BCUT2D eigenvalue weighted by Gasteiger charge is 2.66. The second-order valence-electron chi connectivity index (χ2n) is 8.41. The first kappa shape index (κ1) is 20.2. The molecule has 0 aromatic carbocycles. The van der Waals surface area contributed by atoms with Crippen molar-refractivity contribution >= 4 is 11.9 Å². The number of aliphatic carboxylic acids is 1. The van der Waals surface area contributed by atoms with Gasteiger partial charge in [-0.1, -0.05) is 52.9 Å². The summed E-state index contributed by atoms with van der Waals surface area (Å²) in [6.45, 7) is 8.25. The summed E-state index contributed by atoms with van der Waals surface area (Å²) in [5.41, 5.74) is -1.84. The van der Waals surface area contributed by atoms with Gasteiger partial charge in [0.1, 0.15) is 5.54 Å². The molecule has 0 aromatic heterocycles. The Morgan fingerprint density at radius 1 is 1.20 bits per heavy atom. The van der Waals surface area contributed by atoms with Gasteiger partial charge >= 0.3 is 5.97 Å². The molecule has 0 bridgehead atoms. The molecule has 144 valence electrons. The number of amides is 1. The van der Waals surface area contributed by atoms with E-state index >= 15 is 0 Å². The van der Waals surface area contributed by atoms with Crippen molar-refractivity contribution in [2.24, 2.45) is 17.3 Å². The molecule has 5 heteroatoms. The van der Waals surface area contributed by atoms with E-state index in [0.29, 0.717) is 18.9 Å². The number of rotatable bonds is 8. The van der Waals surface area contributed by atoms with E-state index in [1.807, 2.05) is 27.7 Å². The Labute approximate surface area is 151 Å². The second-order valence-corrected chi connectivity index (χ2v) is 8.41. The molecular formula is C20H35NO4. The fraction of sp³-hybridized carbons (Fsp3) is 0.900. The quantitative estimate of drug-likeness (QED) is 0.697. The molecule has 2 aliphatic carbocycles. The number of hydrogen-bond acceptors (Lipinski definition) is 3. The van der Waals surface area contributed by atoms with E-state index in [9.17, 15) is 14.7 Å². The number of ether oxygens (including phenoxy) is 1. The van der Waals surface area contributed by atoms with Gasteiger partial charge in [0.2, 0.25) is 5.91 Å². The third-order valence-electron chi connectivity index (χ3n) is 6.67. The van der Waals surface area contributed by atoms with Crippen molar-refractivity contribution in [2.75, 3.05) is 6.61 Å². The molecule has 25 heavy (non-hydrogen) atoms. The van der Waals surface area contributed by atoms with Crippen LogP contribution in [0, 0.1) is 17.3 Å². The molecule has 5 nitrogen and oxygen atoms in total. The van der Waals surface area contributed by atoms with Gasteiger partial charge in [-0.2, -0.15) is 0 Å². The average Bonchev–Trinajstić information content (AvgIpc) is 2.58. The zero-order valence-corrected chi connectivity index (χ0v) is 16.3. The Hall–Kier alpha value is -1.10. The molecule has 1 amide bonds. The lowest BCUT2D eigenvalue weighted by Gasteiger charge is -2.58. The van der Waals surface area contributed by atoms with Crippen molar-refractivity contribution in [1.82, 2.24) is 5.32 Å². The molecular weight excluding hydrogens is 318 g/mol. The van der Waals surface area contributed by atoms with Crippen molar-refractivity contribution < 1.29 is 19.4 Å². The number of carbonyl (C=O) groups excluding carboxylic acids is 1. The van der Waals surface area contributed by atoms with Crippen LogP contribution in [0.5, 0.6) is 0 Å². The summed E-state index contributed by atoms with van der Waals surface area (Å²) < 4.78 is 5.67. The molecule has 0 aliphatic heterocycles. The number of nitrogens with one attached hydrogen (secondary N) is 1. The number of carbonyl (C=O) groups is 2. The SMILES string of the molecule is CCOC1CC(NC(=O)C(CC)CC2CCCCC2)(C(=O)O)C1(C)C. The van der Waals surface area contributed by atoms with Crippen LogP contribution < -0.4 is 5.32 Å². The van der Waals surface area contributed by atoms with Crippen LogP contribution in [-0.2, 0) is 14.3 Å². The molecule has 0 radical (unpaired) electrons. The second kappa shape index (κ2) is 8.07. The third kappa shape index (κ3) is 3.86. The standard InChI is InChI=1S/C20H35NO4/c1-5-15(12-14-10-8-7-9-11-14)17(22)21-20(18(23)24)13-16(25-6-2)19(20,3)4/h14-16H,5-13H2,1-4H3,(H,21,22)(H,23,24). The van der Waals surface area contributed by atoms with Crippen LogP contribution in [0.1, 0.15) is 79.1 Å². The van der Waals surface area contributed by atoms with E-state index in [0.717, 1.165) is 12.8 Å². The minimum absolute atomic E-state index is 0.0960. The van der Waals surface area contributed by atoms with Crippen molar-refractivity contribution in [3.63, 3.8) is 0 Å². The van der Waals surface area contributed by atoms with Crippen LogP contribution in [0.3, 0.4) is 0 Å². The van der Waals surface area contributed by atoms with E-state index in [1.165, 1.54) is 32.1 Å². The summed E-state index contributed by atoms with van der Waals surface area (Å²) in [6.07, 6.45) is 8.06. The lowest BCUT2D eigenvalue weighted by molar-refractivity contribution is -0.195. The average molecular weight is 354 g/mol. The van der Waals surface area contributed by atoms with Crippen molar-refractivity contribution in [3.05, 3.63) is 0 Å². The summed E-state index contributed by atoms with van der Waals surface area (Å²) in [4.78, 5) is 24.9. The molecule has 2 saturated carbocycles. The lowest BCUT2D eigenvalue weighted by Crippen LogP contribution is -2.76. The monoisotopic (exact) mass is 353 g/mol. The molecule has 2 rings (SSSR count). The minimum atomic E-state index is -1.22. The summed E-state index contributed by atoms with van der Waals surface area (Å²) in [5.74, 6) is -0.537. The summed E-state index contributed by atoms with van der Waals surface area (Å²) in [5, 5.41) is 12.8. The van der Waals surface area contributed by atoms with Gasteiger partial charge in [-0.25, -0.2) is 4.79 Å². The van der Waals surface area contributed by atoms with E-state index in [2.05, 4.69) is 5.32 Å². The number of carboxylic acids is 1. The number of hydrogen-bond donors (Lipinski definition) is 2. The van der Waals surface area contributed by atoms with Gasteiger partial charge in [0.05, 0.1) is 6.10 Å². The molecule has 3 unspecified atom stereocenters. The fourth-order valence-electron chi connectivity index (χ4n) is 4.63. The van der Waals surface area contributed by atoms with E-state index in [1.54, 1.807) is 0 Å². The first-order valence-electron chi connectivity index (χ1n) is 9.95. The van der Waals surface area contributed by atoms with E-state index in [4.69, 9.17) is 4.74 Å². The van der Waals surface area contributed by atoms with E-state index in [-0.39, 0.29) is 17.9 Å². The molecule has 2 aliphatic rings. The zero-order chi connectivity index (χ0) is 18.7. The Kier molecular flexibility index (Phi) is 6.52. The summed E-state index contributed by atoms with van der Waals surface area (Å²) >= 11 is 0. The Bertz CT molecular complexity index is 484. The molecule has 0 saturated heterocycles. The van der Waals surface area contributed by atoms with Crippen molar-refractivity contribution in [2.45, 2.75) is 90.7 Å². The Morgan fingerprint density at radius 3 is 2.32 bits per heavy atom. The molecule has 2 N–H and O–H groups in total. The zero-order valence-electron chi connectivity index (χ0n) is 16.3. The van der Waals surface area contributed by atoms with Crippen LogP contribution in [0.15, 0.2) is 0 Å². The van der Waals surface area contributed by atoms with Crippen LogP contribution in [-0.4, -0.2) is 35.2 Å². The molecule has 3 atom stereocenters. The topological polar surface area (TPSA) is 75.6 Å². The van der Waals surface area contributed by atoms with Crippen molar-refractivity contribution in [1.29, 1.82) is 0 Å². The van der Waals surface area contributed by atoms with Gasteiger partial charge in [-0.15, -0.1) is 0 Å². The summed E-state index contributed by atoms with van der Waals surface area (Å²) in [6, 6.07) is 0. The Balaban J connectivity index is 2.05. The van der Waals surface area contributed by atoms with Gasteiger partial charge in [0.15, 0.2) is 0 Å². The van der Waals surface area contributed by atoms with Gasteiger partial charge in [-0.3, -0.25) is 4.79 Å². The number of carboxylic acid groups (broad SMARTS) is 1. The van der Waals surface area contributed by atoms with Gasteiger partial charge in [0, 0.05) is 24.4 Å². The van der Waals surface area contributed by atoms with Crippen LogP contribution in [0.25, 0.3) is 0 Å². The van der Waals surface area contributed by atoms with E-state index < -0.39 is 16.9 Å². The summed E-state index contributed by atoms with van der Waals surface area (Å²) in [7, 11) is 0.